The highest BCUT2D eigenvalue weighted by Gasteiger charge is 2.25. The number of nitrogens with two attached hydrogens (primary N) is 1. The lowest BCUT2D eigenvalue weighted by molar-refractivity contribution is -0.120. The third-order valence-corrected chi connectivity index (χ3v) is 6.09. The smallest absolute Gasteiger partial charge is 0.227 e. The van der Waals surface area contributed by atoms with E-state index in [4.69, 9.17) is 15.5 Å². The molecule has 0 radical (unpaired) electrons. The van der Waals surface area contributed by atoms with Crippen molar-refractivity contribution in [1.29, 1.82) is 0 Å². The molecule has 1 aromatic carbocycles. The molecule has 2 aliphatic rings. The molecule has 25 heavy (non-hydrogen) atoms. The van der Waals surface area contributed by atoms with Gasteiger partial charge in [0.15, 0.2) is 5.13 Å². The quantitative estimate of drug-likeness (QED) is 0.879. The van der Waals surface area contributed by atoms with Crippen LogP contribution in [-0.2, 0) is 9.53 Å². The minimum absolute atomic E-state index is 0.0322. The lowest BCUT2D eigenvalue weighted by Gasteiger charge is -2.25. The van der Waals surface area contributed by atoms with Gasteiger partial charge in [-0.25, -0.2) is 4.98 Å². The Kier molecular flexibility index (Phi) is 4.87. The van der Waals surface area contributed by atoms with Gasteiger partial charge in [-0.05, 0) is 37.5 Å². The normalized spacial score (nSPS) is 24.4. The van der Waals surface area contributed by atoms with Crippen LogP contribution >= 0.6 is 11.3 Å². The first-order chi connectivity index (χ1) is 12.2. The second kappa shape index (κ2) is 7.27. The van der Waals surface area contributed by atoms with E-state index in [1.54, 1.807) is 11.3 Å². The third kappa shape index (κ3) is 3.78. The topological polar surface area (TPSA) is 80.5 Å². The summed E-state index contributed by atoms with van der Waals surface area (Å²) in [4.78, 5) is 19.5. The summed E-state index contributed by atoms with van der Waals surface area (Å²) < 4.78 is 6.50. The fraction of sp³-hybridized carbons (Fsp3) is 0.556. The SMILES string of the molecule is NC1CCCC(C(=O)Nc2ccc3nc(N4CCOCC4)sc3c2)C1. The van der Waals surface area contributed by atoms with E-state index in [-0.39, 0.29) is 17.9 Å². The van der Waals surface area contributed by atoms with Gasteiger partial charge < -0.3 is 20.7 Å². The van der Waals surface area contributed by atoms with E-state index < -0.39 is 0 Å². The Morgan fingerprint density at radius 1 is 1.32 bits per heavy atom. The number of aromatic nitrogens is 1. The first kappa shape index (κ1) is 16.8. The second-order valence-electron chi connectivity index (χ2n) is 6.89. The zero-order valence-electron chi connectivity index (χ0n) is 14.2. The minimum Gasteiger partial charge on any atom is -0.378 e. The molecule has 2 unspecified atom stereocenters. The van der Waals surface area contributed by atoms with Gasteiger partial charge in [0.1, 0.15) is 0 Å². The largest absolute Gasteiger partial charge is 0.378 e. The fourth-order valence-electron chi connectivity index (χ4n) is 3.59. The molecule has 4 rings (SSSR count). The van der Waals surface area contributed by atoms with E-state index in [0.29, 0.717) is 0 Å². The van der Waals surface area contributed by atoms with E-state index in [2.05, 4.69) is 10.2 Å². The van der Waals surface area contributed by atoms with Gasteiger partial charge in [0.2, 0.25) is 5.91 Å². The van der Waals surface area contributed by atoms with E-state index in [9.17, 15) is 4.79 Å². The number of thiazole rings is 1. The summed E-state index contributed by atoms with van der Waals surface area (Å²) in [6.45, 7) is 3.26. The van der Waals surface area contributed by atoms with Crippen molar-refractivity contribution in [2.75, 3.05) is 36.5 Å². The fourth-order valence-corrected chi connectivity index (χ4v) is 4.65. The number of carbonyl (C=O) groups is 1. The number of morpholine rings is 1. The van der Waals surface area contributed by atoms with Crippen molar-refractivity contribution in [3.63, 3.8) is 0 Å². The van der Waals surface area contributed by atoms with Crippen LogP contribution in [0.25, 0.3) is 10.2 Å². The van der Waals surface area contributed by atoms with Gasteiger partial charge >= 0.3 is 0 Å². The Morgan fingerprint density at radius 3 is 2.96 bits per heavy atom. The number of rotatable bonds is 3. The van der Waals surface area contributed by atoms with Gasteiger partial charge in [-0.15, -0.1) is 0 Å². The van der Waals surface area contributed by atoms with Crippen LogP contribution in [0.2, 0.25) is 0 Å². The zero-order chi connectivity index (χ0) is 17.2. The molecule has 134 valence electrons. The molecule has 6 nitrogen and oxygen atoms in total. The van der Waals surface area contributed by atoms with Crippen molar-refractivity contribution >= 4 is 38.3 Å². The number of anilines is 2. The molecule has 1 aliphatic heterocycles. The second-order valence-corrected chi connectivity index (χ2v) is 7.90. The summed E-state index contributed by atoms with van der Waals surface area (Å²) in [7, 11) is 0. The first-order valence-corrected chi connectivity index (χ1v) is 9.80. The number of benzene rings is 1. The number of carbonyl (C=O) groups excluding carboxylic acids is 1. The van der Waals surface area contributed by atoms with Crippen LogP contribution in [0.1, 0.15) is 25.7 Å². The predicted octanol–water partition coefficient (Wildman–Crippen LogP) is 2.59. The molecule has 2 atom stereocenters. The number of ether oxygens (including phenoxy) is 1. The third-order valence-electron chi connectivity index (χ3n) is 5.01. The number of hydrogen-bond acceptors (Lipinski definition) is 6. The molecule has 1 aromatic heterocycles. The van der Waals surface area contributed by atoms with Crippen molar-refractivity contribution in [1.82, 2.24) is 4.98 Å². The highest BCUT2D eigenvalue weighted by atomic mass is 32.1. The summed E-state index contributed by atoms with van der Waals surface area (Å²) in [5.74, 6) is 0.122. The molecule has 0 bridgehead atoms. The molecular weight excluding hydrogens is 336 g/mol. The molecule has 1 amide bonds. The molecule has 1 aliphatic carbocycles. The average Bonchev–Trinajstić information content (AvgIpc) is 3.06. The molecule has 2 aromatic rings. The monoisotopic (exact) mass is 360 g/mol. The van der Waals surface area contributed by atoms with Crippen LogP contribution in [-0.4, -0.2) is 43.2 Å². The van der Waals surface area contributed by atoms with Gasteiger partial charge in [-0.2, -0.15) is 0 Å². The van der Waals surface area contributed by atoms with Gasteiger partial charge in [0.25, 0.3) is 0 Å². The molecule has 3 N–H and O–H groups in total. The Labute approximate surface area is 151 Å². The maximum absolute atomic E-state index is 12.5. The van der Waals surface area contributed by atoms with E-state index in [1.807, 2.05) is 18.2 Å². The number of fused-ring (bicyclic) bond motifs is 1. The maximum Gasteiger partial charge on any atom is 0.227 e. The lowest BCUT2D eigenvalue weighted by atomic mass is 9.85. The summed E-state index contributed by atoms with van der Waals surface area (Å²) in [6.07, 6.45) is 3.79. The van der Waals surface area contributed by atoms with Gasteiger partial charge in [0, 0.05) is 30.7 Å². The molecule has 7 heteroatoms. The number of amides is 1. The molecule has 2 heterocycles. The summed E-state index contributed by atoms with van der Waals surface area (Å²) in [5, 5.41) is 4.09. The van der Waals surface area contributed by atoms with Crippen LogP contribution in [0.5, 0.6) is 0 Å². The van der Waals surface area contributed by atoms with E-state index >= 15 is 0 Å². The van der Waals surface area contributed by atoms with Crippen molar-refractivity contribution < 1.29 is 9.53 Å². The minimum atomic E-state index is 0.0322. The number of nitrogens with zero attached hydrogens (tertiary/aromatic N) is 2. The lowest BCUT2D eigenvalue weighted by Crippen LogP contribution is -2.36. The predicted molar refractivity (Wildman–Crippen MR) is 101 cm³/mol. The summed E-state index contributed by atoms with van der Waals surface area (Å²) in [5.41, 5.74) is 7.82. The molecule has 2 fully saturated rings. The van der Waals surface area contributed by atoms with Crippen LogP contribution < -0.4 is 16.0 Å². The highest BCUT2D eigenvalue weighted by molar-refractivity contribution is 7.22. The van der Waals surface area contributed by atoms with Crippen molar-refractivity contribution in [3.05, 3.63) is 18.2 Å². The van der Waals surface area contributed by atoms with Gasteiger partial charge in [-0.3, -0.25) is 4.79 Å². The molecule has 0 spiro atoms. The Bertz CT molecular complexity index is 757. The standard InChI is InChI=1S/C18H24N4O2S/c19-13-3-1-2-12(10-13)17(23)20-14-4-5-15-16(11-14)25-18(21-15)22-6-8-24-9-7-22/h4-5,11-13H,1-3,6-10,19H2,(H,20,23). The number of hydrogen-bond donors (Lipinski definition) is 2. The van der Waals surface area contributed by atoms with E-state index in [0.717, 1.165) is 73.0 Å². The Morgan fingerprint density at radius 2 is 2.16 bits per heavy atom. The van der Waals surface area contributed by atoms with Crippen molar-refractivity contribution in [2.45, 2.75) is 31.7 Å². The van der Waals surface area contributed by atoms with Crippen LogP contribution in [0.3, 0.4) is 0 Å². The number of nitrogens with one attached hydrogen (secondary N) is 1. The molecule has 1 saturated carbocycles. The van der Waals surface area contributed by atoms with Crippen LogP contribution in [0.4, 0.5) is 10.8 Å². The summed E-state index contributed by atoms with van der Waals surface area (Å²) >= 11 is 1.67. The van der Waals surface area contributed by atoms with E-state index in [1.165, 1.54) is 0 Å². The Balaban J connectivity index is 1.47. The van der Waals surface area contributed by atoms with Crippen molar-refractivity contribution in [3.8, 4) is 0 Å². The highest BCUT2D eigenvalue weighted by Crippen LogP contribution is 2.32. The molecule has 1 saturated heterocycles. The van der Waals surface area contributed by atoms with Gasteiger partial charge in [0.05, 0.1) is 23.4 Å². The van der Waals surface area contributed by atoms with Crippen LogP contribution in [0, 0.1) is 5.92 Å². The Hall–Kier alpha value is -1.70. The maximum atomic E-state index is 12.5. The summed E-state index contributed by atoms with van der Waals surface area (Å²) in [6, 6.07) is 6.10. The first-order valence-electron chi connectivity index (χ1n) is 8.99. The zero-order valence-corrected chi connectivity index (χ0v) is 15.1. The van der Waals surface area contributed by atoms with Crippen molar-refractivity contribution in [2.24, 2.45) is 11.7 Å². The molecular formula is C18H24N4O2S. The van der Waals surface area contributed by atoms with Gasteiger partial charge in [-0.1, -0.05) is 17.8 Å². The average molecular weight is 360 g/mol. The van der Waals surface area contributed by atoms with Crippen LogP contribution in [0.15, 0.2) is 18.2 Å².